The highest BCUT2D eigenvalue weighted by Crippen LogP contribution is 2.53. The van der Waals surface area contributed by atoms with E-state index in [0.717, 1.165) is 33.8 Å². The number of benzene rings is 6. The second-order valence-corrected chi connectivity index (χ2v) is 14.8. The molecule has 0 atom stereocenters. The number of anilines is 3. The monoisotopic (exact) mass is 643 g/mol. The van der Waals surface area contributed by atoms with Gasteiger partial charge < -0.3 is 9.47 Å². The van der Waals surface area contributed by atoms with E-state index in [4.69, 9.17) is 4.98 Å². The number of pyridine rings is 1. The van der Waals surface area contributed by atoms with Crippen molar-refractivity contribution >= 4 is 39.0 Å². The van der Waals surface area contributed by atoms with E-state index >= 15 is 0 Å². The van der Waals surface area contributed by atoms with Gasteiger partial charge in [0.15, 0.2) is 0 Å². The molecule has 0 spiro atoms. The molecule has 8 aromatic rings. The van der Waals surface area contributed by atoms with Crippen molar-refractivity contribution in [3.63, 3.8) is 0 Å². The third kappa shape index (κ3) is 3.89. The fourth-order valence-corrected chi connectivity index (χ4v) is 9.05. The molecular weight excluding hydrogens is 607 g/mol. The summed E-state index contributed by atoms with van der Waals surface area (Å²) in [6, 6.07) is 53.4. The second kappa shape index (κ2) is 10.3. The van der Waals surface area contributed by atoms with Gasteiger partial charge in [-0.05, 0) is 111 Å². The molecule has 0 unspecified atom stereocenters. The van der Waals surface area contributed by atoms with E-state index in [1.807, 2.05) is 6.20 Å². The van der Waals surface area contributed by atoms with Gasteiger partial charge >= 0.3 is 0 Å². The maximum atomic E-state index is 4.93. The molecule has 0 amide bonds. The smallest absolute Gasteiger partial charge is 0.0963 e. The highest BCUT2D eigenvalue weighted by atomic mass is 15.1. The lowest BCUT2D eigenvalue weighted by Crippen LogP contribution is -2.17. The van der Waals surface area contributed by atoms with Crippen LogP contribution < -0.4 is 4.90 Å². The molecule has 240 valence electrons. The van der Waals surface area contributed by atoms with Crippen molar-refractivity contribution in [2.75, 3.05) is 4.90 Å². The molecule has 2 aromatic heterocycles. The van der Waals surface area contributed by atoms with E-state index in [9.17, 15) is 0 Å². The number of hydrogen-bond acceptors (Lipinski definition) is 2. The molecule has 2 heterocycles. The van der Waals surface area contributed by atoms with Crippen molar-refractivity contribution in [3.8, 4) is 27.9 Å². The predicted molar refractivity (Wildman–Crippen MR) is 208 cm³/mol. The maximum Gasteiger partial charge on any atom is 0.0963 e. The lowest BCUT2D eigenvalue weighted by Gasteiger charge is -2.28. The molecular formula is C47H37N3. The Hall–Kier alpha value is -5.93. The molecule has 0 N–H and O–H groups in total. The first-order valence-electron chi connectivity index (χ1n) is 17.6. The van der Waals surface area contributed by atoms with Gasteiger partial charge in [0.05, 0.1) is 16.6 Å². The van der Waals surface area contributed by atoms with Crippen molar-refractivity contribution in [1.29, 1.82) is 0 Å². The Balaban J connectivity index is 1.15. The van der Waals surface area contributed by atoms with Gasteiger partial charge in [-0.2, -0.15) is 0 Å². The molecule has 6 aromatic carbocycles. The predicted octanol–water partition coefficient (Wildman–Crippen LogP) is 12.3. The van der Waals surface area contributed by atoms with E-state index in [1.54, 1.807) is 0 Å². The van der Waals surface area contributed by atoms with E-state index in [0.29, 0.717) is 0 Å². The zero-order chi connectivity index (χ0) is 33.8. The Morgan fingerprint density at radius 2 is 1.10 bits per heavy atom. The van der Waals surface area contributed by atoms with Crippen LogP contribution in [0.4, 0.5) is 17.1 Å². The lowest BCUT2D eigenvalue weighted by atomic mass is 9.81. The standard InChI is InChI=1S/C47H37N3/c1-46(2)39-17-10-8-15-34(39)36-25-24-33(29-41(36)46)49(30-13-6-5-7-14-30)31-20-22-32(23-21-31)50-42-19-12-28-48-44(42)38-27-26-37-35-16-9-11-18-40(35)47(3,4)43(37)45(38)50/h5-29H,1-4H3. The minimum atomic E-state index is -0.150. The van der Waals surface area contributed by atoms with Gasteiger partial charge in [0.2, 0.25) is 0 Å². The first-order valence-corrected chi connectivity index (χ1v) is 17.6. The zero-order valence-corrected chi connectivity index (χ0v) is 28.8. The topological polar surface area (TPSA) is 21.1 Å². The molecule has 10 rings (SSSR count). The van der Waals surface area contributed by atoms with Gasteiger partial charge in [0, 0.05) is 45.2 Å². The van der Waals surface area contributed by atoms with Crippen LogP contribution in [0.3, 0.4) is 0 Å². The van der Waals surface area contributed by atoms with Gasteiger partial charge in [0.1, 0.15) is 0 Å². The highest BCUT2D eigenvalue weighted by molar-refractivity contribution is 6.11. The summed E-state index contributed by atoms with van der Waals surface area (Å²) in [6.07, 6.45) is 1.91. The van der Waals surface area contributed by atoms with Crippen molar-refractivity contribution < 1.29 is 0 Å². The first kappa shape index (κ1) is 29.0. The fourth-order valence-electron chi connectivity index (χ4n) is 9.05. The summed E-state index contributed by atoms with van der Waals surface area (Å²) in [4.78, 5) is 7.31. The lowest BCUT2D eigenvalue weighted by molar-refractivity contribution is 0.660. The average Bonchev–Trinajstić information content (AvgIpc) is 3.70. The van der Waals surface area contributed by atoms with Crippen molar-refractivity contribution in [3.05, 3.63) is 174 Å². The van der Waals surface area contributed by atoms with Crippen molar-refractivity contribution in [2.24, 2.45) is 0 Å². The van der Waals surface area contributed by atoms with Gasteiger partial charge in [0.25, 0.3) is 0 Å². The van der Waals surface area contributed by atoms with Crippen molar-refractivity contribution in [2.45, 2.75) is 38.5 Å². The van der Waals surface area contributed by atoms with Crippen LogP contribution in [0, 0.1) is 0 Å². The fraction of sp³-hybridized carbons (Fsp3) is 0.128. The Morgan fingerprint density at radius 1 is 0.500 bits per heavy atom. The summed E-state index contributed by atoms with van der Waals surface area (Å²) in [5.74, 6) is 0. The third-order valence-electron chi connectivity index (χ3n) is 11.4. The largest absolute Gasteiger partial charge is 0.310 e. The molecule has 3 heteroatoms. The van der Waals surface area contributed by atoms with Crippen LogP contribution in [0.25, 0.3) is 49.9 Å². The number of fused-ring (bicyclic) bond motifs is 10. The Morgan fingerprint density at radius 3 is 1.86 bits per heavy atom. The zero-order valence-electron chi connectivity index (χ0n) is 28.8. The number of nitrogens with zero attached hydrogens (tertiary/aromatic N) is 3. The molecule has 2 aliphatic rings. The Labute approximate surface area is 293 Å². The quantitative estimate of drug-likeness (QED) is 0.190. The van der Waals surface area contributed by atoms with Crippen LogP contribution in [-0.4, -0.2) is 9.55 Å². The molecule has 50 heavy (non-hydrogen) atoms. The van der Waals surface area contributed by atoms with E-state index in [1.165, 1.54) is 55.4 Å². The summed E-state index contributed by atoms with van der Waals surface area (Å²) >= 11 is 0. The molecule has 0 bridgehead atoms. The summed E-state index contributed by atoms with van der Waals surface area (Å²) < 4.78 is 2.44. The third-order valence-corrected chi connectivity index (χ3v) is 11.4. The van der Waals surface area contributed by atoms with Gasteiger partial charge in [-0.25, -0.2) is 0 Å². The van der Waals surface area contributed by atoms with Crippen LogP contribution in [-0.2, 0) is 10.8 Å². The minimum Gasteiger partial charge on any atom is -0.310 e. The molecule has 0 radical (unpaired) electrons. The number of rotatable bonds is 4. The molecule has 0 saturated heterocycles. The molecule has 0 fully saturated rings. The Kier molecular flexibility index (Phi) is 5.97. The van der Waals surface area contributed by atoms with Crippen molar-refractivity contribution in [1.82, 2.24) is 9.55 Å². The van der Waals surface area contributed by atoms with E-state index in [2.05, 4.69) is 183 Å². The van der Waals surface area contributed by atoms with E-state index < -0.39 is 0 Å². The second-order valence-electron chi connectivity index (χ2n) is 14.8. The minimum absolute atomic E-state index is 0.0770. The summed E-state index contributed by atoms with van der Waals surface area (Å²) in [5.41, 5.74) is 18.5. The molecule has 2 aliphatic carbocycles. The van der Waals surface area contributed by atoms with Crippen LogP contribution in [0.5, 0.6) is 0 Å². The summed E-state index contributed by atoms with van der Waals surface area (Å²) in [7, 11) is 0. The highest BCUT2D eigenvalue weighted by Gasteiger charge is 2.39. The van der Waals surface area contributed by atoms with E-state index in [-0.39, 0.29) is 10.8 Å². The normalized spacial score (nSPS) is 14.7. The van der Waals surface area contributed by atoms with Crippen LogP contribution in [0.15, 0.2) is 152 Å². The van der Waals surface area contributed by atoms with Gasteiger partial charge in [-0.1, -0.05) is 107 Å². The van der Waals surface area contributed by atoms with Crippen LogP contribution in [0.1, 0.15) is 49.9 Å². The Bertz CT molecular complexity index is 2640. The number of hydrogen-bond donors (Lipinski definition) is 0. The number of aromatic nitrogens is 2. The van der Waals surface area contributed by atoms with Gasteiger partial charge in [-0.15, -0.1) is 0 Å². The maximum absolute atomic E-state index is 4.93. The SMILES string of the molecule is CC1(C)c2ccccc2-c2ccc(N(c3ccccc3)c3ccc(-n4c5cccnc5c5ccc6c(c54)C(C)(C)c4ccccc4-6)cc3)cc21. The van der Waals surface area contributed by atoms with Gasteiger partial charge in [-0.3, -0.25) is 4.98 Å². The average molecular weight is 644 g/mol. The molecule has 0 aliphatic heterocycles. The van der Waals surface area contributed by atoms with Crippen LogP contribution >= 0.6 is 0 Å². The summed E-state index contributed by atoms with van der Waals surface area (Å²) in [6.45, 7) is 9.42. The first-order chi connectivity index (χ1) is 24.3. The molecule has 3 nitrogen and oxygen atoms in total. The number of para-hydroxylation sites is 1. The van der Waals surface area contributed by atoms with Crippen LogP contribution in [0.2, 0.25) is 0 Å². The molecule has 0 saturated carbocycles. The summed E-state index contributed by atoms with van der Waals surface area (Å²) in [5, 5.41) is 1.19.